The third-order valence-corrected chi connectivity index (χ3v) is 4.69. The summed E-state index contributed by atoms with van der Waals surface area (Å²) >= 11 is 0. The van der Waals surface area contributed by atoms with Gasteiger partial charge in [0.05, 0.1) is 5.60 Å². The second-order valence-electron chi connectivity index (χ2n) is 8.16. The van der Waals surface area contributed by atoms with E-state index >= 15 is 0 Å². The number of rotatable bonds is 11. The normalized spacial score (nSPS) is 12.5. The molecule has 3 heterocycles. The third-order valence-electron chi connectivity index (χ3n) is 4.69. The molecule has 0 amide bonds. The van der Waals surface area contributed by atoms with Crippen molar-refractivity contribution in [2.24, 2.45) is 4.99 Å². The Balaban J connectivity index is 2.06. The van der Waals surface area contributed by atoms with Gasteiger partial charge in [0.15, 0.2) is 5.82 Å². The Morgan fingerprint density at radius 1 is 1.33 bits per heavy atom. The summed E-state index contributed by atoms with van der Waals surface area (Å²) in [7, 11) is 0. The molecule has 0 aliphatic heterocycles. The first-order chi connectivity index (χ1) is 15.8. The van der Waals surface area contributed by atoms with Crippen molar-refractivity contribution in [2.45, 2.75) is 39.8 Å². The van der Waals surface area contributed by atoms with Crippen molar-refractivity contribution < 1.29 is 5.11 Å². The first-order valence-corrected chi connectivity index (χ1v) is 10.9. The molecule has 174 valence electrons. The molecule has 0 radical (unpaired) electrons. The number of aliphatic hydroxyl groups is 1. The van der Waals surface area contributed by atoms with Crippen molar-refractivity contribution in [3.63, 3.8) is 0 Å². The van der Waals surface area contributed by atoms with Crippen LogP contribution in [0.5, 0.6) is 0 Å². The van der Waals surface area contributed by atoms with E-state index in [4.69, 9.17) is 4.98 Å². The fourth-order valence-corrected chi connectivity index (χ4v) is 3.24. The van der Waals surface area contributed by atoms with E-state index in [1.807, 2.05) is 56.5 Å². The number of nitrogens with one attached hydrogen (secondary N) is 3. The summed E-state index contributed by atoms with van der Waals surface area (Å²) in [5.74, 6) is 1.86. The highest BCUT2D eigenvalue weighted by Crippen LogP contribution is 2.26. The number of anilines is 3. The minimum absolute atomic E-state index is 0.450. The first-order valence-electron chi connectivity index (χ1n) is 10.9. The molecule has 0 aliphatic rings. The van der Waals surface area contributed by atoms with Gasteiger partial charge in [-0.05, 0) is 58.2 Å². The van der Waals surface area contributed by atoms with Crippen LogP contribution in [0.15, 0.2) is 53.8 Å². The van der Waals surface area contributed by atoms with Gasteiger partial charge in [0.25, 0.3) is 0 Å². The summed E-state index contributed by atoms with van der Waals surface area (Å²) in [5, 5.41) is 24.6. The van der Waals surface area contributed by atoms with Gasteiger partial charge in [0, 0.05) is 43.8 Å². The maximum absolute atomic E-state index is 10.0. The fraction of sp³-hybridized carbons (Fsp3) is 0.333. The predicted molar refractivity (Wildman–Crippen MR) is 135 cm³/mol. The van der Waals surface area contributed by atoms with E-state index < -0.39 is 5.60 Å². The molecule has 3 aromatic heterocycles. The SMILES string of the molecule is C=N/C(=C\C=C/C)c1nc(Nc2ccnc(NCC)c2)c2c(CNCC(C)(C)O)ccn2n1. The fourth-order valence-electron chi connectivity index (χ4n) is 3.24. The standard InChI is InChI=1S/C24H32N8O/c1-6-8-9-19(25-5)22-30-23(29-18-10-12-28-20(14-18)27-7-2)21-17(11-13-32(21)31-22)15-26-16-24(3,4)33/h6,8-14,26,33H,5,7,15-16H2,1-4H3,(H2,27,28,29,30,31)/b8-6-,19-9-. The van der Waals surface area contributed by atoms with E-state index in [1.54, 1.807) is 24.6 Å². The van der Waals surface area contributed by atoms with E-state index in [0.29, 0.717) is 30.4 Å². The number of hydrogen-bond donors (Lipinski definition) is 4. The van der Waals surface area contributed by atoms with Gasteiger partial charge in [-0.25, -0.2) is 14.5 Å². The number of allylic oxidation sites excluding steroid dienone is 3. The van der Waals surface area contributed by atoms with E-state index in [2.05, 4.69) is 37.7 Å². The van der Waals surface area contributed by atoms with Crippen LogP contribution >= 0.6 is 0 Å². The van der Waals surface area contributed by atoms with Crippen LogP contribution in [0, 0.1) is 0 Å². The van der Waals surface area contributed by atoms with Crippen molar-refractivity contribution in [1.29, 1.82) is 0 Å². The Morgan fingerprint density at radius 2 is 2.15 bits per heavy atom. The van der Waals surface area contributed by atoms with Crippen LogP contribution in [0.3, 0.4) is 0 Å². The van der Waals surface area contributed by atoms with Crippen LogP contribution < -0.4 is 16.0 Å². The maximum atomic E-state index is 10.0. The second-order valence-corrected chi connectivity index (χ2v) is 8.16. The van der Waals surface area contributed by atoms with Crippen LogP contribution in [-0.4, -0.2) is 50.1 Å². The van der Waals surface area contributed by atoms with E-state index in [1.165, 1.54) is 0 Å². The highest BCUT2D eigenvalue weighted by Gasteiger charge is 2.17. The summed E-state index contributed by atoms with van der Waals surface area (Å²) in [6.45, 7) is 13.0. The molecule has 4 N–H and O–H groups in total. The zero-order valence-corrected chi connectivity index (χ0v) is 19.6. The number of aliphatic imine (C=N–C) groups is 1. The first kappa shape index (κ1) is 24.1. The quantitative estimate of drug-likeness (QED) is 0.261. The third kappa shape index (κ3) is 6.47. The summed E-state index contributed by atoms with van der Waals surface area (Å²) in [6, 6.07) is 5.81. The zero-order chi connectivity index (χ0) is 23.8. The summed E-state index contributed by atoms with van der Waals surface area (Å²) in [5.41, 5.74) is 2.44. The van der Waals surface area contributed by atoms with E-state index in [9.17, 15) is 5.11 Å². The van der Waals surface area contributed by atoms with Crippen LogP contribution in [0.4, 0.5) is 17.3 Å². The number of aromatic nitrogens is 4. The van der Waals surface area contributed by atoms with Gasteiger partial charge in [0.2, 0.25) is 5.82 Å². The van der Waals surface area contributed by atoms with Gasteiger partial charge in [-0.1, -0.05) is 12.2 Å². The lowest BCUT2D eigenvalue weighted by Gasteiger charge is -2.18. The van der Waals surface area contributed by atoms with Crippen LogP contribution in [0.2, 0.25) is 0 Å². The lowest BCUT2D eigenvalue weighted by Crippen LogP contribution is -2.34. The average molecular weight is 449 g/mol. The zero-order valence-electron chi connectivity index (χ0n) is 19.6. The van der Waals surface area contributed by atoms with Gasteiger partial charge >= 0.3 is 0 Å². The largest absolute Gasteiger partial charge is 0.389 e. The molecule has 3 aromatic rings. The highest BCUT2D eigenvalue weighted by atomic mass is 16.3. The maximum Gasteiger partial charge on any atom is 0.200 e. The van der Waals surface area contributed by atoms with E-state index in [0.717, 1.165) is 29.1 Å². The van der Waals surface area contributed by atoms with E-state index in [-0.39, 0.29) is 0 Å². The predicted octanol–water partition coefficient (Wildman–Crippen LogP) is 3.78. The smallest absolute Gasteiger partial charge is 0.200 e. The van der Waals surface area contributed by atoms with Crippen LogP contribution in [0.1, 0.15) is 39.1 Å². The minimum Gasteiger partial charge on any atom is -0.389 e. The molecule has 0 aromatic carbocycles. The molecule has 0 spiro atoms. The van der Waals surface area contributed by atoms with Crippen LogP contribution in [-0.2, 0) is 6.54 Å². The molecule has 0 atom stereocenters. The molecular weight excluding hydrogens is 416 g/mol. The van der Waals surface area contributed by atoms with Crippen molar-refractivity contribution in [2.75, 3.05) is 23.7 Å². The van der Waals surface area contributed by atoms with Crippen molar-refractivity contribution in [3.05, 3.63) is 60.2 Å². The lowest BCUT2D eigenvalue weighted by molar-refractivity contribution is 0.0795. The Hall–Kier alpha value is -3.56. The molecule has 3 rings (SSSR count). The molecule has 0 fully saturated rings. The number of nitrogens with zero attached hydrogens (tertiary/aromatic N) is 5. The molecule has 33 heavy (non-hydrogen) atoms. The Bertz CT molecular complexity index is 1160. The van der Waals surface area contributed by atoms with Gasteiger partial charge in [0.1, 0.15) is 17.0 Å². The Kier molecular flexibility index (Phi) is 7.92. The molecule has 9 heteroatoms. The highest BCUT2D eigenvalue weighted by molar-refractivity contribution is 5.79. The molecule has 0 bridgehead atoms. The molecular formula is C24H32N8O. The molecule has 9 nitrogen and oxygen atoms in total. The molecule has 0 saturated heterocycles. The molecule has 0 unspecified atom stereocenters. The summed E-state index contributed by atoms with van der Waals surface area (Å²) in [6.07, 6.45) is 9.23. The van der Waals surface area contributed by atoms with Gasteiger partial charge in [-0.2, -0.15) is 0 Å². The summed E-state index contributed by atoms with van der Waals surface area (Å²) in [4.78, 5) is 13.2. The van der Waals surface area contributed by atoms with Gasteiger partial charge in [-0.3, -0.25) is 4.99 Å². The van der Waals surface area contributed by atoms with Crippen molar-refractivity contribution in [3.8, 4) is 0 Å². The lowest BCUT2D eigenvalue weighted by atomic mass is 10.1. The minimum atomic E-state index is -0.803. The number of fused-ring (bicyclic) bond motifs is 1. The number of hydrogen-bond acceptors (Lipinski definition) is 8. The van der Waals surface area contributed by atoms with Crippen molar-refractivity contribution >= 4 is 35.3 Å². The van der Waals surface area contributed by atoms with Crippen LogP contribution in [0.25, 0.3) is 11.2 Å². The average Bonchev–Trinajstić information content (AvgIpc) is 3.17. The second kappa shape index (κ2) is 10.8. The monoisotopic (exact) mass is 448 g/mol. The van der Waals surface area contributed by atoms with Crippen molar-refractivity contribution in [1.82, 2.24) is 24.9 Å². The molecule has 0 saturated carbocycles. The topological polar surface area (TPSA) is 112 Å². The Labute approximate surface area is 194 Å². The summed E-state index contributed by atoms with van der Waals surface area (Å²) < 4.78 is 1.78. The van der Waals surface area contributed by atoms with Gasteiger partial charge < -0.3 is 21.1 Å². The van der Waals surface area contributed by atoms with Gasteiger partial charge in [-0.15, -0.1) is 5.10 Å². The molecule has 0 aliphatic carbocycles. The Morgan fingerprint density at radius 3 is 2.85 bits per heavy atom. The number of pyridine rings is 1.